The van der Waals surface area contributed by atoms with Crippen molar-refractivity contribution in [1.29, 1.82) is 0 Å². The molecule has 0 saturated heterocycles. The molecule has 0 amide bonds. The topological polar surface area (TPSA) is 47.0 Å². The molecule has 0 aliphatic heterocycles. The van der Waals surface area contributed by atoms with Crippen LogP contribution in [0.3, 0.4) is 0 Å². The van der Waals surface area contributed by atoms with Crippen molar-refractivity contribution in [1.82, 2.24) is 4.98 Å². The van der Waals surface area contributed by atoms with Crippen LogP contribution in [-0.2, 0) is 21.8 Å². The van der Waals surface area contributed by atoms with E-state index >= 15 is 0 Å². The van der Waals surface area contributed by atoms with E-state index in [9.17, 15) is 21.6 Å². The number of benzene rings is 2. The van der Waals surface area contributed by atoms with Crippen molar-refractivity contribution in [2.45, 2.75) is 16.8 Å². The van der Waals surface area contributed by atoms with E-state index in [-0.39, 0.29) is 10.6 Å². The number of nitrogens with zero attached hydrogens (tertiary/aromatic N) is 1. The molecule has 1 aromatic heterocycles. The Morgan fingerprint density at radius 2 is 1.62 bits per heavy atom. The lowest BCUT2D eigenvalue weighted by Crippen LogP contribution is -2.08. The van der Waals surface area contributed by atoms with Crippen LogP contribution in [0.2, 0.25) is 5.02 Å². The fraction of sp³-hybridized carbons (Fsp3) is 0.118. The van der Waals surface area contributed by atoms with Crippen LogP contribution in [0.25, 0.3) is 11.3 Å². The molecule has 136 valence electrons. The first kappa shape index (κ1) is 18.9. The van der Waals surface area contributed by atoms with E-state index in [1.54, 1.807) is 29.6 Å². The minimum absolute atomic E-state index is 0.172. The SMILES string of the molecule is O=S(=O)(Cc1nc(-c2ccc(Cl)cc2)cs1)c1ccc(C(F)(F)F)cc1. The highest BCUT2D eigenvalue weighted by molar-refractivity contribution is 7.90. The maximum absolute atomic E-state index is 12.6. The number of alkyl halides is 3. The summed E-state index contributed by atoms with van der Waals surface area (Å²) in [5.74, 6) is -0.378. The van der Waals surface area contributed by atoms with Crippen molar-refractivity contribution < 1.29 is 21.6 Å². The highest BCUT2D eigenvalue weighted by Crippen LogP contribution is 2.31. The molecule has 0 spiro atoms. The number of hydrogen-bond acceptors (Lipinski definition) is 4. The molecule has 0 atom stereocenters. The summed E-state index contributed by atoms with van der Waals surface area (Å²) < 4.78 is 62.6. The van der Waals surface area contributed by atoms with Gasteiger partial charge in [-0.15, -0.1) is 11.3 Å². The van der Waals surface area contributed by atoms with Crippen LogP contribution < -0.4 is 0 Å². The minimum atomic E-state index is -4.51. The third-order valence-corrected chi connectivity index (χ3v) is 6.47. The second kappa shape index (κ2) is 7.02. The Kier molecular flexibility index (Phi) is 5.09. The van der Waals surface area contributed by atoms with Gasteiger partial charge in [0.15, 0.2) is 9.84 Å². The average Bonchev–Trinajstić information content (AvgIpc) is 3.02. The molecule has 0 radical (unpaired) electrons. The summed E-state index contributed by atoms with van der Waals surface area (Å²) in [5.41, 5.74) is 0.517. The third-order valence-electron chi connectivity index (χ3n) is 3.55. The van der Waals surface area contributed by atoms with Crippen LogP contribution in [0.5, 0.6) is 0 Å². The van der Waals surface area contributed by atoms with Gasteiger partial charge in [0.1, 0.15) is 10.8 Å². The molecule has 0 aliphatic carbocycles. The lowest BCUT2D eigenvalue weighted by Gasteiger charge is -2.07. The molecule has 3 aromatic rings. The lowest BCUT2D eigenvalue weighted by atomic mass is 10.2. The van der Waals surface area contributed by atoms with Gasteiger partial charge in [0.25, 0.3) is 0 Å². The summed E-state index contributed by atoms with van der Waals surface area (Å²) in [6.07, 6.45) is -4.51. The zero-order valence-electron chi connectivity index (χ0n) is 13.0. The summed E-state index contributed by atoms with van der Waals surface area (Å²) in [6, 6.07) is 10.4. The van der Waals surface area contributed by atoms with Gasteiger partial charge >= 0.3 is 6.18 Å². The third kappa shape index (κ3) is 4.25. The van der Waals surface area contributed by atoms with E-state index in [1.165, 1.54) is 11.3 Å². The molecule has 0 N–H and O–H groups in total. The molecule has 0 aliphatic rings. The largest absolute Gasteiger partial charge is 0.416 e. The molecule has 3 rings (SSSR count). The second-order valence-corrected chi connectivity index (χ2v) is 8.78. The maximum Gasteiger partial charge on any atom is 0.416 e. The summed E-state index contributed by atoms with van der Waals surface area (Å²) in [7, 11) is -3.79. The average molecular weight is 418 g/mol. The monoisotopic (exact) mass is 417 g/mol. The summed E-state index contributed by atoms with van der Waals surface area (Å²) in [6.45, 7) is 0. The molecular formula is C17H11ClF3NO2S2. The van der Waals surface area contributed by atoms with Crippen LogP contribution in [0, 0.1) is 0 Å². The molecule has 2 aromatic carbocycles. The van der Waals surface area contributed by atoms with Crippen molar-refractivity contribution in [2.24, 2.45) is 0 Å². The highest BCUT2D eigenvalue weighted by Gasteiger charge is 2.30. The van der Waals surface area contributed by atoms with E-state index < -0.39 is 21.6 Å². The summed E-state index contributed by atoms with van der Waals surface area (Å²) >= 11 is 7.01. The van der Waals surface area contributed by atoms with Gasteiger partial charge in [-0.25, -0.2) is 13.4 Å². The van der Waals surface area contributed by atoms with Crippen LogP contribution >= 0.6 is 22.9 Å². The van der Waals surface area contributed by atoms with Gasteiger partial charge < -0.3 is 0 Å². The Balaban J connectivity index is 1.81. The van der Waals surface area contributed by atoms with E-state index in [0.29, 0.717) is 15.7 Å². The Morgan fingerprint density at radius 1 is 1.00 bits per heavy atom. The number of sulfone groups is 1. The standard InChI is InChI=1S/C17H11ClF3NO2S2/c18-13-5-1-11(2-6-13)15-9-25-16(22-15)10-26(23,24)14-7-3-12(4-8-14)17(19,20)21/h1-9H,10H2. The van der Waals surface area contributed by atoms with Crippen LogP contribution in [0.4, 0.5) is 13.2 Å². The van der Waals surface area contributed by atoms with Gasteiger partial charge in [-0.1, -0.05) is 23.7 Å². The Labute approximate surface area is 157 Å². The number of thiazole rings is 1. The molecular weight excluding hydrogens is 407 g/mol. The summed E-state index contributed by atoms with van der Waals surface area (Å²) in [4.78, 5) is 4.12. The van der Waals surface area contributed by atoms with Crippen LogP contribution in [0.15, 0.2) is 58.8 Å². The normalized spacial score (nSPS) is 12.3. The zero-order valence-corrected chi connectivity index (χ0v) is 15.4. The lowest BCUT2D eigenvalue weighted by molar-refractivity contribution is -0.137. The molecule has 26 heavy (non-hydrogen) atoms. The van der Waals surface area contributed by atoms with Gasteiger partial charge in [-0.2, -0.15) is 13.2 Å². The predicted octanol–water partition coefficient (Wildman–Crippen LogP) is 5.46. The first-order valence-corrected chi connectivity index (χ1v) is 10.2. The van der Waals surface area contributed by atoms with E-state index in [4.69, 9.17) is 11.6 Å². The van der Waals surface area contributed by atoms with Crippen molar-refractivity contribution in [3.8, 4) is 11.3 Å². The van der Waals surface area contributed by atoms with Gasteiger partial charge in [0.05, 0.1) is 16.2 Å². The van der Waals surface area contributed by atoms with Crippen LogP contribution in [0.1, 0.15) is 10.6 Å². The number of hydrogen-bond donors (Lipinski definition) is 0. The first-order valence-electron chi connectivity index (χ1n) is 7.25. The van der Waals surface area contributed by atoms with Crippen LogP contribution in [-0.4, -0.2) is 13.4 Å². The quantitative estimate of drug-likeness (QED) is 0.566. The van der Waals surface area contributed by atoms with E-state index in [0.717, 1.165) is 29.8 Å². The molecule has 0 fully saturated rings. The summed E-state index contributed by atoms with van der Waals surface area (Å²) in [5, 5.41) is 2.66. The Bertz CT molecular complexity index is 1010. The molecule has 1 heterocycles. The second-order valence-electron chi connectivity index (χ2n) is 5.41. The first-order chi connectivity index (χ1) is 12.1. The minimum Gasteiger partial charge on any atom is -0.240 e. The number of halogens is 4. The fourth-order valence-electron chi connectivity index (χ4n) is 2.23. The van der Waals surface area contributed by atoms with E-state index in [2.05, 4.69) is 4.98 Å². The maximum atomic E-state index is 12.6. The predicted molar refractivity (Wildman–Crippen MR) is 94.9 cm³/mol. The number of rotatable bonds is 4. The fourth-order valence-corrected chi connectivity index (χ4v) is 4.79. The Hall–Kier alpha value is -1.90. The Morgan fingerprint density at radius 3 is 2.19 bits per heavy atom. The molecule has 0 saturated carbocycles. The van der Waals surface area contributed by atoms with Gasteiger partial charge in [0.2, 0.25) is 0 Å². The van der Waals surface area contributed by atoms with E-state index in [1.807, 2.05) is 0 Å². The highest BCUT2D eigenvalue weighted by atomic mass is 35.5. The van der Waals surface area contributed by atoms with Crippen molar-refractivity contribution >= 4 is 32.8 Å². The molecule has 9 heteroatoms. The molecule has 0 bridgehead atoms. The smallest absolute Gasteiger partial charge is 0.240 e. The van der Waals surface area contributed by atoms with Gasteiger partial charge in [-0.3, -0.25) is 0 Å². The van der Waals surface area contributed by atoms with Crippen molar-refractivity contribution in [3.63, 3.8) is 0 Å². The van der Waals surface area contributed by atoms with Crippen molar-refractivity contribution in [3.05, 3.63) is 69.5 Å². The van der Waals surface area contributed by atoms with Crippen molar-refractivity contribution in [2.75, 3.05) is 0 Å². The molecule has 3 nitrogen and oxygen atoms in total. The van der Waals surface area contributed by atoms with Gasteiger partial charge in [0, 0.05) is 16.0 Å². The van der Waals surface area contributed by atoms with Gasteiger partial charge in [-0.05, 0) is 36.4 Å². The number of aromatic nitrogens is 1. The zero-order chi connectivity index (χ0) is 18.9. The molecule has 0 unspecified atom stereocenters.